The Morgan fingerprint density at radius 3 is 2.65 bits per heavy atom. The summed E-state index contributed by atoms with van der Waals surface area (Å²) in [5, 5.41) is 9.27. The molecular formula is C16H11FINO. The van der Waals surface area contributed by atoms with Gasteiger partial charge in [0.15, 0.2) is 5.78 Å². The predicted octanol–water partition coefficient (Wildman–Crippen LogP) is 4.23. The molecule has 20 heavy (non-hydrogen) atoms. The smallest absolute Gasteiger partial charge is 0.185 e. The van der Waals surface area contributed by atoms with E-state index >= 15 is 0 Å². The van der Waals surface area contributed by atoms with Gasteiger partial charge in [0.25, 0.3) is 0 Å². The molecule has 2 rings (SSSR count). The summed E-state index contributed by atoms with van der Waals surface area (Å²) in [6.45, 7) is 1.90. The highest BCUT2D eigenvalue weighted by atomic mass is 127. The number of carbonyl (C=O) groups is 1. The number of nitriles is 1. The van der Waals surface area contributed by atoms with Gasteiger partial charge >= 0.3 is 0 Å². The van der Waals surface area contributed by atoms with Gasteiger partial charge in [-0.2, -0.15) is 5.26 Å². The maximum Gasteiger partial charge on any atom is 0.185 e. The van der Waals surface area contributed by atoms with E-state index in [4.69, 9.17) is 0 Å². The minimum absolute atomic E-state index is 0.300. The van der Waals surface area contributed by atoms with E-state index in [-0.39, 0.29) is 5.78 Å². The van der Waals surface area contributed by atoms with Crippen LogP contribution in [0, 0.1) is 27.6 Å². The van der Waals surface area contributed by atoms with Gasteiger partial charge in [-0.25, -0.2) is 4.39 Å². The summed E-state index contributed by atoms with van der Waals surface area (Å²) in [7, 11) is 0. The Morgan fingerprint density at radius 1 is 1.30 bits per heavy atom. The average Bonchev–Trinajstić information content (AvgIpc) is 2.42. The normalized spacial score (nSPS) is 11.7. The van der Waals surface area contributed by atoms with E-state index in [9.17, 15) is 14.4 Å². The molecule has 1 unspecified atom stereocenters. The van der Waals surface area contributed by atoms with Crippen molar-refractivity contribution in [3.05, 3.63) is 68.5 Å². The molecule has 0 heterocycles. The number of carbonyl (C=O) groups excluding carboxylic acids is 1. The first-order valence-corrected chi connectivity index (χ1v) is 7.07. The summed E-state index contributed by atoms with van der Waals surface area (Å²) >= 11 is 2.09. The Balaban J connectivity index is 2.45. The lowest BCUT2D eigenvalue weighted by atomic mass is 9.91. The molecule has 0 radical (unpaired) electrons. The zero-order chi connectivity index (χ0) is 14.7. The van der Waals surface area contributed by atoms with Gasteiger partial charge in [0.2, 0.25) is 0 Å². The van der Waals surface area contributed by atoms with Crippen LogP contribution in [0.15, 0.2) is 42.5 Å². The third kappa shape index (κ3) is 2.88. The van der Waals surface area contributed by atoms with Crippen molar-refractivity contribution in [3.8, 4) is 6.07 Å². The summed E-state index contributed by atoms with van der Waals surface area (Å²) < 4.78 is 14.1. The lowest BCUT2D eigenvalue weighted by molar-refractivity contribution is 0.0978. The fourth-order valence-electron chi connectivity index (χ4n) is 1.96. The molecule has 0 bridgehead atoms. The van der Waals surface area contributed by atoms with Crippen molar-refractivity contribution in [1.29, 1.82) is 5.26 Å². The lowest BCUT2D eigenvalue weighted by Crippen LogP contribution is -2.13. The van der Waals surface area contributed by atoms with Crippen LogP contribution in [0.25, 0.3) is 0 Å². The molecule has 0 aliphatic rings. The summed E-state index contributed by atoms with van der Waals surface area (Å²) in [6.07, 6.45) is 0. The lowest BCUT2D eigenvalue weighted by Gasteiger charge is -2.11. The molecular weight excluding hydrogens is 368 g/mol. The van der Waals surface area contributed by atoms with Gasteiger partial charge < -0.3 is 0 Å². The summed E-state index contributed by atoms with van der Waals surface area (Å²) in [4.78, 5) is 12.5. The third-order valence-electron chi connectivity index (χ3n) is 3.03. The van der Waals surface area contributed by atoms with Crippen LogP contribution in [0.2, 0.25) is 0 Å². The Bertz CT molecular complexity index is 706. The van der Waals surface area contributed by atoms with Crippen molar-refractivity contribution in [2.75, 3.05) is 0 Å². The second kappa shape index (κ2) is 6.14. The molecule has 0 saturated heterocycles. The maximum atomic E-state index is 13.3. The molecule has 100 valence electrons. The Morgan fingerprint density at radius 2 is 2.00 bits per heavy atom. The molecule has 1 atom stereocenters. The molecule has 0 aliphatic heterocycles. The van der Waals surface area contributed by atoms with Crippen LogP contribution in [0.1, 0.15) is 27.4 Å². The van der Waals surface area contributed by atoms with Gasteiger partial charge in [-0.15, -0.1) is 0 Å². The number of ketones is 1. The Kier molecular flexibility index (Phi) is 4.50. The number of hydrogen-bond donors (Lipinski definition) is 0. The zero-order valence-electron chi connectivity index (χ0n) is 10.7. The van der Waals surface area contributed by atoms with Gasteiger partial charge in [-0.05, 0) is 52.8 Å². The van der Waals surface area contributed by atoms with Crippen molar-refractivity contribution in [3.63, 3.8) is 0 Å². The topological polar surface area (TPSA) is 40.9 Å². The van der Waals surface area contributed by atoms with Crippen LogP contribution in [0.5, 0.6) is 0 Å². The van der Waals surface area contributed by atoms with Crippen LogP contribution in [-0.2, 0) is 0 Å². The monoisotopic (exact) mass is 379 g/mol. The van der Waals surface area contributed by atoms with E-state index in [1.807, 2.05) is 19.1 Å². The first-order chi connectivity index (χ1) is 9.54. The number of benzene rings is 2. The number of hydrogen-bond acceptors (Lipinski definition) is 2. The van der Waals surface area contributed by atoms with Gasteiger partial charge in [-0.1, -0.05) is 30.3 Å². The first kappa shape index (κ1) is 14.7. The molecule has 2 nitrogen and oxygen atoms in total. The molecule has 2 aromatic rings. The van der Waals surface area contributed by atoms with Crippen LogP contribution in [0.3, 0.4) is 0 Å². The van der Waals surface area contributed by atoms with Gasteiger partial charge in [-0.3, -0.25) is 4.79 Å². The fraction of sp³-hybridized carbons (Fsp3) is 0.125. The highest BCUT2D eigenvalue weighted by Gasteiger charge is 2.24. The number of Topliss-reactive ketones (excluding diaryl/α,β-unsaturated/α-hetero) is 1. The second-order valence-electron chi connectivity index (χ2n) is 4.42. The number of nitrogens with zero attached hydrogens (tertiary/aromatic N) is 1. The third-order valence-corrected chi connectivity index (χ3v) is 4.46. The molecule has 4 heteroatoms. The molecule has 0 aromatic heterocycles. The molecule has 0 N–H and O–H groups in total. The average molecular weight is 379 g/mol. The van der Waals surface area contributed by atoms with Crippen LogP contribution < -0.4 is 0 Å². The van der Waals surface area contributed by atoms with Crippen LogP contribution >= 0.6 is 22.6 Å². The zero-order valence-corrected chi connectivity index (χ0v) is 12.9. The fourth-order valence-corrected chi connectivity index (χ4v) is 2.59. The minimum Gasteiger partial charge on any atom is -0.292 e. The summed E-state index contributed by atoms with van der Waals surface area (Å²) in [5.74, 6) is -1.73. The largest absolute Gasteiger partial charge is 0.292 e. The van der Waals surface area contributed by atoms with E-state index in [0.29, 0.717) is 11.1 Å². The van der Waals surface area contributed by atoms with Crippen molar-refractivity contribution >= 4 is 28.4 Å². The molecule has 2 aromatic carbocycles. The second-order valence-corrected chi connectivity index (χ2v) is 5.50. The SMILES string of the molecule is Cc1cccc(C(=O)C(C#N)c2cccc(F)c2)c1I. The first-order valence-electron chi connectivity index (χ1n) is 5.99. The van der Waals surface area contributed by atoms with Gasteiger partial charge in [0.1, 0.15) is 11.7 Å². The maximum absolute atomic E-state index is 13.3. The number of halogens is 2. The quantitative estimate of drug-likeness (QED) is 0.592. The van der Waals surface area contributed by atoms with Crippen molar-refractivity contribution in [2.45, 2.75) is 12.8 Å². The standard InChI is InChI=1S/C16H11FINO/c1-10-4-2-7-13(15(10)18)16(20)14(9-19)11-5-3-6-12(17)8-11/h2-8,14H,1H3. The predicted molar refractivity (Wildman–Crippen MR) is 83.0 cm³/mol. The molecule has 0 fully saturated rings. The Hall–Kier alpha value is -1.74. The van der Waals surface area contributed by atoms with E-state index in [1.165, 1.54) is 18.2 Å². The number of aryl methyl sites for hydroxylation is 1. The van der Waals surface area contributed by atoms with E-state index in [2.05, 4.69) is 22.6 Å². The van der Waals surface area contributed by atoms with Crippen molar-refractivity contribution < 1.29 is 9.18 Å². The van der Waals surface area contributed by atoms with E-state index in [1.54, 1.807) is 18.2 Å². The van der Waals surface area contributed by atoms with E-state index < -0.39 is 11.7 Å². The minimum atomic E-state index is -0.985. The molecule has 0 saturated carbocycles. The van der Waals surface area contributed by atoms with Gasteiger partial charge in [0, 0.05) is 9.13 Å². The van der Waals surface area contributed by atoms with Gasteiger partial charge in [0.05, 0.1) is 6.07 Å². The van der Waals surface area contributed by atoms with Crippen LogP contribution in [0.4, 0.5) is 4.39 Å². The molecule has 0 amide bonds. The molecule has 0 aliphatic carbocycles. The summed E-state index contributed by atoms with van der Waals surface area (Å²) in [5.41, 5.74) is 1.86. The number of rotatable bonds is 3. The Labute approximate surface area is 130 Å². The highest BCUT2D eigenvalue weighted by molar-refractivity contribution is 14.1. The highest BCUT2D eigenvalue weighted by Crippen LogP contribution is 2.25. The van der Waals surface area contributed by atoms with Crippen molar-refractivity contribution in [2.24, 2.45) is 0 Å². The van der Waals surface area contributed by atoms with Crippen molar-refractivity contribution in [1.82, 2.24) is 0 Å². The van der Waals surface area contributed by atoms with E-state index in [0.717, 1.165) is 9.13 Å². The molecule has 0 spiro atoms. The summed E-state index contributed by atoms with van der Waals surface area (Å²) in [6, 6.07) is 13.0. The van der Waals surface area contributed by atoms with Crippen LogP contribution in [-0.4, -0.2) is 5.78 Å².